The van der Waals surface area contributed by atoms with E-state index in [4.69, 9.17) is 0 Å². The van der Waals surface area contributed by atoms with Gasteiger partial charge in [-0.3, -0.25) is 0 Å². The fraction of sp³-hybridized carbons (Fsp3) is 0.667. The van der Waals surface area contributed by atoms with Gasteiger partial charge >= 0.3 is 0 Å². The van der Waals surface area contributed by atoms with Crippen LogP contribution in [0.4, 0.5) is 0 Å². The molecule has 8 heavy (non-hydrogen) atoms. The summed E-state index contributed by atoms with van der Waals surface area (Å²) in [6.07, 6.45) is 4.86. The van der Waals surface area contributed by atoms with Gasteiger partial charge in [-0.1, -0.05) is 0 Å². The average molecular weight is 112 g/mol. The lowest BCUT2D eigenvalue weighted by atomic mass is 10.2. The monoisotopic (exact) mass is 112 g/mol. The normalized spacial score (nSPS) is 28.2. The van der Waals surface area contributed by atoms with Gasteiger partial charge in [0.2, 0.25) is 0 Å². The van der Waals surface area contributed by atoms with Crippen LogP contribution >= 0.6 is 0 Å². The molecule has 0 spiro atoms. The van der Waals surface area contributed by atoms with Crippen LogP contribution in [0, 0.1) is 6.42 Å². The molecular formula is C6H10NO. The van der Waals surface area contributed by atoms with Gasteiger partial charge in [-0.15, -0.1) is 0 Å². The molecule has 2 heteroatoms. The first kappa shape index (κ1) is 5.76. The molecule has 1 heterocycles. The number of rotatable bonds is 2. The molecule has 1 aliphatic rings. The van der Waals surface area contributed by atoms with Crippen LogP contribution in [0.15, 0.2) is 0 Å². The Balaban J connectivity index is 2.14. The highest BCUT2D eigenvalue weighted by molar-refractivity contribution is 5.62. The molecule has 2 nitrogen and oxygen atoms in total. The van der Waals surface area contributed by atoms with E-state index in [-0.39, 0.29) is 0 Å². The number of hydrogen-bond donors (Lipinski definition) is 1. The molecule has 1 N–H and O–H groups in total. The topological polar surface area (TPSA) is 29.1 Å². The van der Waals surface area contributed by atoms with Gasteiger partial charge in [-0.05, 0) is 19.4 Å². The minimum absolute atomic E-state index is 0.368. The largest absolute Gasteiger partial charge is 0.313 e. The molecule has 1 aliphatic heterocycles. The van der Waals surface area contributed by atoms with Crippen LogP contribution in [0.5, 0.6) is 0 Å². The molecule has 0 aromatic carbocycles. The summed E-state index contributed by atoms with van der Waals surface area (Å²) in [5.74, 6) is 0. The van der Waals surface area contributed by atoms with E-state index >= 15 is 0 Å². The van der Waals surface area contributed by atoms with Gasteiger partial charge in [0.05, 0.1) is 0 Å². The molecule has 1 unspecified atom stereocenters. The highest BCUT2D eigenvalue weighted by Gasteiger charge is 2.12. The summed E-state index contributed by atoms with van der Waals surface area (Å²) in [6.45, 7) is 1.06. The van der Waals surface area contributed by atoms with Crippen molar-refractivity contribution in [2.45, 2.75) is 18.9 Å². The van der Waals surface area contributed by atoms with Crippen molar-refractivity contribution >= 4 is 6.29 Å². The average Bonchev–Trinajstić information content (AvgIpc) is 2.19. The first-order valence-corrected chi connectivity index (χ1v) is 2.95. The van der Waals surface area contributed by atoms with Crippen molar-refractivity contribution in [3.8, 4) is 0 Å². The Morgan fingerprint density at radius 1 is 1.62 bits per heavy atom. The summed E-state index contributed by atoms with van der Waals surface area (Å²) in [4.78, 5) is 9.87. The van der Waals surface area contributed by atoms with Crippen LogP contribution in [0.25, 0.3) is 0 Å². The van der Waals surface area contributed by atoms with Crippen LogP contribution in [0.2, 0.25) is 0 Å². The molecule has 0 aromatic rings. The zero-order valence-corrected chi connectivity index (χ0v) is 4.76. The van der Waals surface area contributed by atoms with E-state index in [9.17, 15) is 4.79 Å². The molecule has 1 radical (unpaired) electrons. The first-order chi connectivity index (χ1) is 3.93. The zero-order valence-electron chi connectivity index (χ0n) is 4.76. The Morgan fingerprint density at radius 3 is 3.00 bits per heavy atom. The second-order valence-electron chi connectivity index (χ2n) is 2.03. The Morgan fingerprint density at radius 2 is 2.50 bits per heavy atom. The summed E-state index contributed by atoms with van der Waals surface area (Å²) in [6, 6.07) is 0.368. The van der Waals surface area contributed by atoms with E-state index in [2.05, 4.69) is 5.32 Å². The standard InChI is InChI=1S/C6H10NO/c8-5-3-6-2-1-4-7-6/h3,5-7H,1-2,4H2. The maximum Gasteiger partial charge on any atom is 0.125 e. The summed E-state index contributed by atoms with van der Waals surface area (Å²) < 4.78 is 0. The number of nitrogens with one attached hydrogen (secondary N) is 1. The minimum Gasteiger partial charge on any atom is -0.313 e. The molecule has 0 bridgehead atoms. The Bertz CT molecular complexity index is 76.6. The van der Waals surface area contributed by atoms with Crippen LogP contribution < -0.4 is 5.32 Å². The van der Waals surface area contributed by atoms with E-state index in [1.54, 1.807) is 6.42 Å². The molecular weight excluding hydrogens is 102 g/mol. The van der Waals surface area contributed by atoms with Gasteiger partial charge in [-0.25, -0.2) is 0 Å². The van der Waals surface area contributed by atoms with Crippen molar-refractivity contribution in [1.82, 2.24) is 5.32 Å². The van der Waals surface area contributed by atoms with Crippen LogP contribution in [0.3, 0.4) is 0 Å². The summed E-state index contributed by atoms with van der Waals surface area (Å²) in [5.41, 5.74) is 0. The third-order valence-corrected chi connectivity index (χ3v) is 1.41. The number of carbonyl (C=O) groups is 1. The lowest BCUT2D eigenvalue weighted by Crippen LogP contribution is -2.21. The van der Waals surface area contributed by atoms with Crippen molar-refractivity contribution in [2.75, 3.05) is 6.54 Å². The fourth-order valence-electron chi connectivity index (χ4n) is 0.971. The maximum absolute atomic E-state index is 9.87. The van der Waals surface area contributed by atoms with E-state index in [0.29, 0.717) is 6.04 Å². The van der Waals surface area contributed by atoms with Crippen molar-refractivity contribution in [2.24, 2.45) is 0 Å². The van der Waals surface area contributed by atoms with E-state index < -0.39 is 0 Å². The molecule has 0 aliphatic carbocycles. The third-order valence-electron chi connectivity index (χ3n) is 1.41. The minimum atomic E-state index is 0.368. The first-order valence-electron chi connectivity index (χ1n) is 2.95. The van der Waals surface area contributed by atoms with Gasteiger partial charge in [0.1, 0.15) is 6.29 Å². The van der Waals surface area contributed by atoms with Gasteiger partial charge < -0.3 is 10.1 Å². The highest BCUT2D eigenvalue weighted by Crippen LogP contribution is 2.05. The molecule has 1 fully saturated rings. The second-order valence-corrected chi connectivity index (χ2v) is 2.03. The third kappa shape index (κ3) is 1.30. The molecule has 45 valence electrons. The van der Waals surface area contributed by atoms with Crippen LogP contribution in [0.1, 0.15) is 12.8 Å². The second kappa shape index (κ2) is 2.82. The van der Waals surface area contributed by atoms with Gasteiger partial charge in [0.25, 0.3) is 0 Å². The summed E-state index contributed by atoms with van der Waals surface area (Å²) >= 11 is 0. The van der Waals surface area contributed by atoms with Gasteiger partial charge in [-0.2, -0.15) is 0 Å². The van der Waals surface area contributed by atoms with Gasteiger partial charge in [0, 0.05) is 12.5 Å². The van der Waals surface area contributed by atoms with Crippen molar-refractivity contribution < 1.29 is 4.79 Å². The molecule has 1 rings (SSSR count). The van der Waals surface area contributed by atoms with E-state index in [1.165, 1.54) is 6.42 Å². The Hall–Kier alpha value is -0.370. The Labute approximate surface area is 49.3 Å². The molecule has 1 saturated heterocycles. The SMILES string of the molecule is O=C[CH]C1CCCN1. The lowest BCUT2D eigenvalue weighted by molar-refractivity contribution is -0.105. The maximum atomic E-state index is 9.87. The predicted molar refractivity (Wildman–Crippen MR) is 31.4 cm³/mol. The smallest absolute Gasteiger partial charge is 0.125 e. The number of carbonyl (C=O) groups excluding carboxylic acids is 1. The highest BCUT2D eigenvalue weighted by atomic mass is 16.1. The number of hydrogen-bond acceptors (Lipinski definition) is 2. The molecule has 0 amide bonds. The fourth-order valence-corrected chi connectivity index (χ4v) is 0.971. The van der Waals surface area contributed by atoms with Crippen LogP contribution in [-0.4, -0.2) is 18.9 Å². The molecule has 0 aromatic heterocycles. The Kier molecular flexibility index (Phi) is 2.03. The lowest BCUT2D eigenvalue weighted by Gasteiger charge is -2.00. The number of aldehydes is 1. The summed E-state index contributed by atoms with van der Waals surface area (Å²) in [7, 11) is 0. The van der Waals surface area contributed by atoms with E-state index in [1.807, 2.05) is 0 Å². The van der Waals surface area contributed by atoms with Gasteiger partial charge in [0.15, 0.2) is 0 Å². The quantitative estimate of drug-likeness (QED) is 0.515. The zero-order chi connectivity index (χ0) is 5.82. The van der Waals surface area contributed by atoms with Crippen molar-refractivity contribution in [1.29, 1.82) is 0 Å². The van der Waals surface area contributed by atoms with E-state index in [0.717, 1.165) is 19.3 Å². The summed E-state index contributed by atoms with van der Waals surface area (Å²) in [5, 5.41) is 3.17. The van der Waals surface area contributed by atoms with Crippen molar-refractivity contribution in [3.63, 3.8) is 0 Å². The molecule has 1 atom stereocenters. The predicted octanol–water partition coefficient (Wildman–Crippen LogP) is 0.142. The van der Waals surface area contributed by atoms with Crippen molar-refractivity contribution in [3.05, 3.63) is 6.42 Å². The van der Waals surface area contributed by atoms with Crippen LogP contribution in [-0.2, 0) is 4.79 Å². The molecule has 0 saturated carbocycles.